The number of rotatable bonds is 1. The van der Waals surface area contributed by atoms with Gasteiger partial charge >= 0.3 is 0 Å². The number of hydrogen-bond acceptors (Lipinski definition) is 1. The molecule has 0 aromatic heterocycles. The standard InChI is InChI=1S/C4H10N.Y/c1-3-4(2)5;/h4H,1,3,5H2,2H3;/q-1;. The number of hydrogen-bond donors (Lipinski definition) is 1. The third-order valence-electron chi connectivity index (χ3n) is 0.455. The molecule has 1 nitrogen and oxygen atoms in total. The van der Waals surface area contributed by atoms with Gasteiger partial charge in [0.2, 0.25) is 0 Å². The third kappa shape index (κ3) is 8.91. The van der Waals surface area contributed by atoms with Crippen LogP contribution in [-0.2, 0) is 32.7 Å². The minimum atomic E-state index is 0. The van der Waals surface area contributed by atoms with Crippen molar-refractivity contribution in [1.82, 2.24) is 0 Å². The van der Waals surface area contributed by atoms with E-state index < -0.39 is 0 Å². The van der Waals surface area contributed by atoms with Gasteiger partial charge in [0.05, 0.1) is 0 Å². The minimum absolute atomic E-state index is 0. The molecule has 0 spiro atoms. The van der Waals surface area contributed by atoms with E-state index in [1.165, 1.54) is 0 Å². The average Bonchev–Trinajstić information content (AvgIpc) is 1.38. The molecule has 0 aromatic rings. The van der Waals surface area contributed by atoms with Gasteiger partial charge in [-0.3, -0.25) is 0 Å². The fourth-order valence-electron chi connectivity index (χ4n) is 0. The van der Waals surface area contributed by atoms with Crippen LogP contribution in [0.4, 0.5) is 0 Å². The Morgan fingerprint density at radius 1 is 1.83 bits per heavy atom. The van der Waals surface area contributed by atoms with Crippen molar-refractivity contribution in [2.75, 3.05) is 0 Å². The second-order valence-corrected chi connectivity index (χ2v) is 1.27. The van der Waals surface area contributed by atoms with Crippen LogP contribution in [0.2, 0.25) is 0 Å². The molecule has 2 N–H and O–H groups in total. The van der Waals surface area contributed by atoms with Gasteiger partial charge in [-0.2, -0.15) is 6.42 Å². The zero-order valence-electron chi connectivity index (χ0n) is 4.15. The Balaban J connectivity index is 0. The summed E-state index contributed by atoms with van der Waals surface area (Å²) in [7, 11) is 0. The summed E-state index contributed by atoms with van der Waals surface area (Å²) in [6, 6.07) is 0.273. The van der Waals surface area contributed by atoms with Crippen LogP contribution in [-0.4, -0.2) is 6.04 Å². The van der Waals surface area contributed by atoms with Gasteiger partial charge in [-0.05, 0) is 6.04 Å². The van der Waals surface area contributed by atoms with Crippen LogP contribution >= 0.6 is 0 Å². The van der Waals surface area contributed by atoms with Crippen molar-refractivity contribution in [1.29, 1.82) is 0 Å². The first-order valence-electron chi connectivity index (χ1n) is 1.82. The first kappa shape index (κ1) is 10.1. The molecule has 0 bridgehead atoms. The molecule has 0 saturated carbocycles. The molecule has 0 saturated heterocycles. The van der Waals surface area contributed by atoms with Crippen molar-refractivity contribution in [3.05, 3.63) is 6.92 Å². The monoisotopic (exact) mass is 161 g/mol. The molecule has 1 atom stereocenters. The van der Waals surface area contributed by atoms with Gasteiger partial charge in [0.25, 0.3) is 0 Å². The Bertz CT molecular complexity index is 21.5. The van der Waals surface area contributed by atoms with Crippen molar-refractivity contribution in [2.24, 2.45) is 5.73 Å². The molecule has 2 heteroatoms. The SMILES string of the molecule is [CH2-]CC(C)N.[Y]. The summed E-state index contributed by atoms with van der Waals surface area (Å²) in [5.41, 5.74) is 5.23. The summed E-state index contributed by atoms with van der Waals surface area (Å²) < 4.78 is 0. The first-order valence-corrected chi connectivity index (χ1v) is 1.82. The maximum absolute atomic E-state index is 5.23. The fourth-order valence-corrected chi connectivity index (χ4v) is 0. The first-order chi connectivity index (χ1) is 2.27. The van der Waals surface area contributed by atoms with E-state index in [2.05, 4.69) is 6.92 Å². The molecule has 0 fully saturated rings. The van der Waals surface area contributed by atoms with E-state index in [9.17, 15) is 0 Å². The van der Waals surface area contributed by atoms with Crippen LogP contribution in [0.5, 0.6) is 0 Å². The summed E-state index contributed by atoms with van der Waals surface area (Å²) in [6.07, 6.45) is 0.833. The summed E-state index contributed by atoms with van der Waals surface area (Å²) in [5, 5.41) is 0. The average molecular weight is 161 g/mol. The number of nitrogens with two attached hydrogens (primary N) is 1. The largest absolute Gasteiger partial charge is 0.342 e. The van der Waals surface area contributed by atoms with Crippen LogP contribution in [0.1, 0.15) is 13.3 Å². The zero-order chi connectivity index (χ0) is 4.28. The Morgan fingerprint density at radius 2 is 2.00 bits per heavy atom. The predicted octanol–water partition coefficient (Wildman–Crippen LogP) is 0.555. The van der Waals surface area contributed by atoms with E-state index >= 15 is 0 Å². The Morgan fingerprint density at radius 3 is 2.00 bits per heavy atom. The molecule has 0 aromatic carbocycles. The maximum Gasteiger partial charge on any atom is 0 e. The van der Waals surface area contributed by atoms with E-state index in [-0.39, 0.29) is 38.8 Å². The molecule has 0 aliphatic rings. The van der Waals surface area contributed by atoms with Crippen molar-refractivity contribution in [3.8, 4) is 0 Å². The smallest absolute Gasteiger partial charge is 0 e. The van der Waals surface area contributed by atoms with Gasteiger partial charge in [-0.15, -0.1) is 0 Å². The van der Waals surface area contributed by atoms with Gasteiger partial charge in [-0.1, -0.05) is 6.92 Å². The van der Waals surface area contributed by atoms with Gasteiger partial charge in [0.15, 0.2) is 0 Å². The van der Waals surface area contributed by atoms with Gasteiger partial charge in [-0.25, -0.2) is 0 Å². The van der Waals surface area contributed by atoms with Gasteiger partial charge in [0, 0.05) is 32.7 Å². The van der Waals surface area contributed by atoms with E-state index in [0.29, 0.717) is 0 Å². The van der Waals surface area contributed by atoms with Gasteiger partial charge in [0.1, 0.15) is 0 Å². The van der Waals surface area contributed by atoms with E-state index in [4.69, 9.17) is 5.73 Å². The van der Waals surface area contributed by atoms with E-state index in [1.54, 1.807) is 0 Å². The fraction of sp³-hybridized carbons (Fsp3) is 0.750. The second-order valence-electron chi connectivity index (χ2n) is 1.27. The summed E-state index contributed by atoms with van der Waals surface area (Å²) >= 11 is 0. The topological polar surface area (TPSA) is 26.0 Å². The minimum Gasteiger partial charge on any atom is -0.342 e. The summed E-state index contributed by atoms with van der Waals surface area (Å²) in [5.74, 6) is 0. The van der Waals surface area contributed by atoms with Crippen molar-refractivity contribution in [3.63, 3.8) is 0 Å². The molecular weight excluding hydrogens is 151 g/mol. The maximum atomic E-state index is 5.23. The van der Waals surface area contributed by atoms with Crippen molar-refractivity contribution < 1.29 is 32.7 Å². The van der Waals surface area contributed by atoms with E-state index in [1.807, 2.05) is 6.92 Å². The molecular formula is C4H10NY-. The zero-order valence-corrected chi connectivity index (χ0v) is 6.98. The molecule has 1 radical (unpaired) electrons. The van der Waals surface area contributed by atoms with Crippen LogP contribution in [0.25, 0.3) is 0 Å². The van der Waals surface area contributed by atoms with Crippen LogP contribution < -0.4 is 5.73 Å². The van der Waals surface area contributed by atoms with Crippen LogP contribution in [0.3, 0.4) is 0 Å². The normalized spacial score (nSPS) is 12.5. The molecule has 0 rings (SSSR count). The molecule has 0 amide bonds. The molecule has 35 valence electrons. The van der Waals surface area contributed by atoms with Gasteiger partial charge < -0.3 is 12.7 Å². The summed E-state index contributed by atoms with van der Waals surface area (Å²) in [6.45, 7) is 5.50. The molecule has 0 heterocycles. The van der Waals surface area contributed by atoms with Crippen molar-refractivity contribution in [2.45, 2.75) is 19.4 Å². The van der Waals surface area contributed by atoms with Crippen LogP contribution in [0.15, 0.2) is 0 Å². The van der Waals surface area contributed by atoms with Crippen molar-refractivity contribution >= 4 is 0 Å². The molecule has 0 aliphatic carbocycles. The molecule has 0 aliphatic heterocycles. The Kier molecular flexibility index (Phi) is 10.2. The summed E-state index contributed by atoms with van der Waals surface area (Å²) in [4.78, 5) is 0. The third-order valence-corrected chi connectivity index (χ3v) is 0.455. The van der Waals surface area contributed by atoms with Crippen LogP contribution in [0, 0.1) is 6.92 Å². The quantitative estimate of drug-likeness (QED) is 0.558. The predicted molar refractivity (Wildman–Crippen MR) is 23.6 cm³/mol. The molecule has 1 unspecified atom stereocenters. The Hall–Kier alpha value is 1.06. The Labute approximate surface area is 64.6 Å². The second kappa shape index (κ2) is 6.06. The van der Waals surface area contributed by atoms with E-state index in [0.717, 1.165) is 6.42 Å². The molecule has 6 heavy (non-hydrogen) atoms.